The smallest absolute Gasteiger partial charge is 0.312 e. The van der Waals surface area contributed by atoms with Gasteiger partial charge in [0, 0.05) is 32.2 Å². The van der Waals surface area contributed by atoms with E-state index in [0.717, 1.165) is 38.2 Å². The number of carbonyl (C=O) groups is 1. The summed E-state index contributed by atoms with van der Waals surface area (Å²) in [5, 5.41) is 11.5. The van der Waals surface area contributed by atoms with Gasteiger partial charge in [0.15, 0.2) is 12.4 Å². The van der Waals surface area contributed by atoms with E-state index in [-0.39, 0.29) is 23.2 Å². The lowest BCUT2D eigenvalue weighted by Crippen LogP contribution is -2.37. The maximum absolute atomic E-state index is 12.7. The molecule has 0 spiro atoms. The molecule has 29 heavy (non-hydrogen) atoms. The lowest BCUT2D eigenvalue weighted by molar-refractivity contribution is -0.386. The monoisotopic (exact) mass is 425 g/mol. The summed E-state index contributed by atoms with van der Waals surface area (Å²) in [4.78, 5) is 24.9. The molecule has 2 fully saturated rings. The summed E-state index contributed by atoms with van der Waals surface area (Å²) in [6.07, 6.45) is 4.61. The standard InChI is InChI=1S/C19H27N3O6S/c1-2-9-20(13-15-5-6-15)19(23)14-28-18-8-7-16(12-17(18)22(24)25)29(26,27)21-10-3-4-11-21/h7-8,12,15H,2-6,9-11,13-14H2,1H3. The fourth-order valence-electron chi connectivity index (χ4n) is 3.43. The van der Waals surface area contributed by atoms with Gasteiger partial charge < -0.3 is 9.64 Å². The van der Waals surface area contributed by atoms with Crippen LogP contribution in [0.4, 0.5) is 5.69 Å². The molecule has 1 aliphatic heterocycles. The molecule has 1 aromatic rings. The topological polar surface area (TPSA) is 110 Å². The van der Waals surface area contributed by atoms with E-state index in [2.05, 4.69) is 0 Å². The van der Waals surface area contributed by atoms with Gasteiger partial charge in [0.1, 0.15) is 0 Å². The van der Waals surface area contributed by atoms with Crippen molar-refractivity contribution in [2.45, 2.75) is 43.9 Å². The molecular formula is C19H27N3O6S. The Labute approximate surface area is 170 Å². The highest BCUT2D eigenvalue weighted by atomic mass is 32.2. The van der Waals surface area contributed by atoms with E-state index in [1.807, 2.05) is 6.92 Å². The molecule has 0 aromatic heterocycles. The van der Waals surface area contributed by atoms with E-state index < -0.39 is 20.6 Å². The zero-order valence-corrected chi connectivity index (χ0v) is 17.4. The molecule has 0 N–H and O–H groups in total. The third-order valence-corrected chi connectivity index (χ3v) is 7.10. The summed E-state index contributed by atoms with van der Waals surface area (Å²) in [6, 6.07) is 3.58. The highest BCUT2D eigenvalue weighted by Gasteiger charge is 2.30. The fourth-order valence-corrected chi connectivity index (χ4v) is 4.97. The van der Waals surface area contributed by atoms with E-state index in [4.69, 9.17) is 4.74 Å². The Bertz CT molecular complexity index is 863. The molecule has 10 heteroatoms. The van der Waals surface area contributed by atoms with Gasteiger partial charge in [-0.3, -0.25) is 14.9 Å². The van der Waals surface area contributed by atoms with E-state index in [1.54, 1.807) is 4.90 Å². The predicted octanol–water partition coefficient (Wildman–Crippen LogP) is 2.41. The van der Waals surface area contributed by atoms with Crippen LogP contribution in [0.2, 0.25) is 0 Å². The summed E-state index contributed by atoms with van der Waals surface area (Å²) in [7, 11) is -3.77. The first-order valence-electron chi connectivity index (χ1n) is 10.0. The van der Waals surface area contributed by atoms with Crippen LogP contribution in [0, 0.1) is 16.0 Å². The molecule has 0 unspecified atom stereocenters. The summed E-state index contributed by atoms with van der Waals surface area (Å²) in [5.41, 5.74) is -0.456. The van der Waals surface area contributed by atoms with Crippen molar-refractivity contribution in [2.75, 3.05) is 32.8 Å². The van der Waals surface area contributed by atoms with Crippen LogP contribution in [-0.2, 0) is 14.8 Å². The molecule has 0 radical (unpaired) electrons. The van der Waals surface area contributed by atoms with Gasteiger partial charge in [-0.15, -0.1) is 0 Å². The number of amides is 1. The number of hydrogen-bond donors (Lipinski definition) is 0. The zero-order valence-electron chi connectivity index (χ0n) is 16.6. The van der Waals surface area contributed by atoms with Gasteiger partial charge in [-0.1, -0.05) is 6.92 Å². The Morgan fingerprint density at radius 1 is 1.31 bits per heavy atom. The fraction of sp³-hybridized carbons (Fsp3) is 0.632. The summed E-state index contributed by atoms with van der Waals surface area (Å²) in [6.45, 7) is 3.80. The van der Waals surface area contributed by atoms with Crippen molar-refractivity contribution in [2.24, 2.45) is 5.92 Å². The van der Waals surface area contributed by atoms with Crippen molar-refractivity contribution >= 4 is 21.6 Å². The average Bonchev–Trinajstić information content (AvgIpc) is 3.33. The first kappa shape index (κ1) is 21.5. The largest absolute Gasteiger partial charge is 0.477 e. The van der Waals surface area contributed by atoms with Crippen LogP contribution in [0.5, 0.6) is 5.75 Å². The van der Waals surface area contributed by atoms with E-state index in [1.165, 1.54) is 16.4 Å². The van der Waals surface area contributed by atoms with Crippen molar-refractivity contribution in [1.82, 2.24) is 9.21 Å². The molecule has 9 nitrogen and oxygen atoms in total. The number of ether oxygens (including phenoxy) is 1. The highest BCUT2D eigenvalue weighted by molar-refractivity contribution is 7.89. The zero-order chi connectivity index (χ0) is 21.0. The second-order valence-corrected chi connectivity index (χ2v) is 9.51. The van der Waals surface area contributed by atoms with Gasteiger partial charge >= 0.3 is 5.69 Å². The van der Waals surface area contributed by atoms with Gasteiger partial charge in [-0.25, -0.2) is 8.42 Å². The Kier molecular flexibility index (Phi) is 6.74. The van der Waals surface area contributed by atoms with Crippen molar-refractivity contribution in [1.29, 1.82) is 0 Å². The molecule has 1 aliphatic carbocycles. The second kappa shape index (κ2) is 9.08. The summed E-state index contributed by atoms with van der Waals surface area (Å²) >= 11 is 0. The van der Waals surface area contributed by atoms with Crippen molar-refractivity contribution in [3.8, 4) is 5.75 Å². The Morgan fingerprint density at radius 3 is 2.59 bits per heavy atom. The third-order valence-electron chi connectivity index (χ3n) is 5.20. The minimum absolute atomic E-state index is 0.105. The number of benzene rings is 1. The van der Waals surface area contributed by atoms with Crippen LogP contribution in [0.15, 0.2) is 23.1 Å². The highest BCUT2D eigenvalue weighted by Crippen LogP contribution is 2.32. The molecule has 0 bridgehead atoms. The van der Waals surface area contributed by atoms with Gasteiger partial charge in [-0.2, -0.15) is 4.31 Å². The summed E-state index contributed by atoms with van der Waals surface area (Å²) in [5.74, 6) is 0.211. The number of hydrogen-bond acceptors (Lipinski definition) is 6. The maximum atomic E-state index is 12.7. The molecule has 1 aromatic carbocycles. The van der Waals surface area contributed by atoms with Crippen LogP contribution in [-0.4, -0.2) is 61.2 Å². The minimum Gasteiger partial charge on any atom is -0.477 e. The van der Waals surface area contributed by atoms with Crippen LogP contribution in [0.3, 0.4) is 0 Å². The van der Waals surface area contributed by atoms with Crippen LogP contribution in [0.1, 0.15) is 39.0 Å². The number of carbonyl (C=O) groups excluding carboxylic acids is 1. The lowest BCUT2D eigenvalue weighted by Gasteiger charge is -2.22. The molecule has 0 atom stereocenters. The van der Waals surface area contributed by atoms with Gasteiger partial charge in [-0.05, 0) is 50.2 Å². The Hall–Kier alpha value is -2.20. The van der Waals surface area contributed by atoms with Gasteiger partial charge in [0.2, 0.25) is 10.0 Å². The van der Waals surface area contributed by atoms with Crippen LogP contribution in [0.25, 0.3) is 0 Å². The third kappa shape index (κ3) is 5.24. The Morgan fingerprint density at radius 2 is 2.00 bits per heavy atom. The number of nitro groups is 1. The number of sulfonamides is 1. The second-order valence-electron chi connectivity index (χ2n) is 7.57. The molecule has 1 amide bonds. The molecule has 2 aliphatic rings. The Balaban J connectivity index is 1.73. The van der Waals surface area contributed by atoms with E-state index in [0.29, 0.717) is 32.1 Å². The first-order chi connectivity index (χ1) is 13.8. The quantitative estimate of drug-likeness (QED) is 0.420. The van der Waals surface area contributed by atoms with Crippen molar-refractivity contribution in [3.05, 3.63) is 28.3 Å². The van der Waals surface area contributed by atoms with Gasteiger partial charge in [0.25, 0.3) is 5.91 Å². The SMILES string of the molecule is CCCN(CC1CC1)C(=O)COc1ccc(S(=O)(=O)N2CCCC2)cc1[N+](=O)[O-]. The minimum atomic E-state index is -3.77. The summed E-state index contributed by atoms with van der Waals surface area (Å²) < 4.78 is 32.1. The number of nitro benzene ring substituents is 1. The lowest BCUT2D eigenvalue weighted by atomic mass is 10.3. The average molecular weight is 426 g/mol. The molecule has 3 rings (SSSR count). The van der Waals surface area contributed by atoms with Crippen molar-refractivity contribution in [3.63, 3.8) is 0 Å². The molecular weight excluding hydrogens is 398 g/mol. The predicted molar refractivity (Wildman–Crippen MR) is 106 cm³/mol. The van der Waals surface area contributed by atoms with Crippen LogP contribution >= 0.6 is 0 Å². The van der Waals surface area contributed by atoms with Crippen molar-refractivity contribution < 1.29 is 22.9 Å². The van der Waals surface area contributed by atoms with E-state index in [9.17, 15) is 23.3 Å². The molecule has 1 saturated heterocycles. The molecule has 1 saturated carbocycles. The first-order valence-corrected chi connectivity index (χ1v) is 11.5. The van der Waals surface area contributed by atoms with Gasteiger partial charge in [0.05, 0.1) is 9.82 Å². The maximum Gasteiger partial charge on any atom is 0.312 e. The number of rotatable bonds is 10. The number of nitrogens with zero attached hydrogens (tertiary/aromatic N) is 3. The normalized spacial score (nSPS) is 17.3. The molecule has 1 heterocycles. The molecule has 160 valence electrons. The van der Waals surface area contributed by atoms with Crippen LogP contribution < -0.4 is 4.74 Å². The van der Waals surface area contributed by atoms with E-state index >= 15 is 0 Å².